The van der Waals surface area contributed by atoms with Crippen LogP contribution in [0.3, 0.4) is 0 Å². The third kappa shape index (κ3) is 2.75. The van der Waals surface area contributed by atoms with E-state index in [4.69, 9.17) is 5.73 Å². The number of aliphatic hydroxyl groups is 1. The van der Waals surface area contributed by atoms with E-state index in [2.05, 4.69) is 9.97 Å². The van der Waals surface area contributed by atoms with Gasteiger partial charge in [0.05, 0.1) is 6.54 Å². The number of aliphatic hydroxyl groups excluding tert-OH is 1. The number of para-hydroxylation sites is 1. The minimum Gasteiger partial charge on any atom is -0.383 e. The van der Waals surface area contributed by atoms with E-state index in [1.807, 2.05) is 30.3 Å². The molecule has 1 aromatic carbocycles. The number of hydrogen-bond acceptors (Lipinski definition) is 5. The molecule has 2 aromatic rings. The number of benzene rings is 1. The molecule has 3 N–H and O–H groups in total. The van der Waals surface area contributed by atoms with Crippen LogP contribution in [0.15, 0.2) is 36.5 Å². The van der Waals surface area contributed by atoms with E-state index >= 15 is 0 Å². The highest BCUT2D eigenvalue weighted by molar-refractivity contribution is 5.48. The lowest BCUT2D eigenvalue weighted by Gasteiger charge is -2.22. The smallest absolute Gasteiger partial charge is 0.132 e. The fourth-order valence-electron chi connectivity index (χ4n) is 1.70. The molecule has 1 aromatic heterocycles. The summed E-state index contributed by atoms with van der Waals surface area (Å²) in [7, 11) is 0. The van der Waals surface area contributed by atoms with Crippen molar-refractivity contribution in [2.75, 3.05) is 17.4 Å². The van der Waals surface area contributed by atoms with Crippen molar-refractivity contribution >= 4 is 11.5 Å². The highest BCUT2D eigenvalue weighted by atomic mass is 16.3. The lowest BCUT2D eigenvalue weighted by atomic mass is 10.2. The Morgan fingerprint density at radius 3 is 2.61 bits per heavy atom. The maximum atomic E-state index is 9.43. The summed E-state index contributed by atoms with van der Waals surface area (Å²) in [6.45, 7) is 2.19. The Balaban J connectivity index is 2.21. The van der Waals surface area contributed by atoms with Crippen LogP contribution < -0.4 is 10.6 Å². The lowest BCUT2D eigenvalue weighted by Crippen LogP contribution is -2.24. The molecule has 0 bridgehead atoms. The molecule has 0 aliphatic heterocycles. The number of hydrogen-bond donors (Lipinski definition) is 2. The van der Waals surface area contributed by atoms with Crippen molar-refractivity contribution in [2.24, 2.45) is 0 Å². The summed E-state index contributed by atoms with van der Waals surface area (Å²) in [4.78, 5) is 10.0. The van der Waals surface area contributed by atoms with Crippen molar-refractivity contribution in [1.29, 1.82) is 0 Å². The Bertz CT molecular complexity index is 516. The molecule has 0 aliphatic rings. The average molecular weight is 244 g/mol. The van der Waals surface area contributed by atoms with Crippen LogP contribution in [0.4, 0.5) is 11.5 Å². The largest absolute Gasteiger partial charge is 0.383 e. The molecule has 0 fully saturated rings. The van der Waals surface area contributed by atoms with Crippen LogP contribution in [-0.4, -0.2) is 21.8 Å². The first kappa shape index (κ1) is 12.3. The number of nitrogen functional groups attached to an aromatic ring is 1. The summed E-state index contributed by atoms with van der Waals surface area (Å²) in [5.74, 6) is 1.10. The van der Waals surface area contributed by atoms with Gasteiger partial charge in [-0.05, 0) is 19.1 Å². The zero-order valence-electron chi connectivity index (χ0n) is 10.2. The standard InChI is InChI=1S/C13H16N4O/c1-10-15-7-11(13(14)16-10)8-17(9-18)12-5-3-2-4-6-12/h2-7,18H,8-9H2,1H3,(H2,14,15,16). The van der Waals surface area contributed by atoms with Gasteiger partial charge in [0.2, 0.25) is 0 Å². The molecule has 5 nitrogen and oxygen atoms in total. The van der Waals surface area contributed by atoms with Crippen LogP contribution in [0.1, 0.15) is 11.4 Å². The Morgan fingerprint density at radius 1 is 1.28 bits per heavy atom. The summed E-state index contributed by atoms with van der Waals surface area (Å²) < 4.78 is 0. The molecule has 0 saturated carbocycles. The Labute approximate surface area is 106 Å². The minimum absolute atomic E-state index is 0.0860. The predicted molar refractivity (Wildman–Crippen MR) is 70.9 cm³/mol. The highest BCUT2D eigenvalue weighted by Gasteiger charge is 2.09. The van der Waals surface area contributed by atoms with Crippen molar-refractivity contribution in [2.45, 2.75) is 13.5 Å². The van der Waals surface area contributed by atoms with Crippen molar-refractivity contribution in [1.82, 2.24) is 9.97 Å². The van der Waals surface area contributed by atoms with Gasteiger partial charge in [0, 0.05) is 17.4 Å². The Morgan fingerprint density at radius 2 is 2.00 bits per heavy atom. The van der Waals surface area contributed by atoms with E-state index in [-0.39, 0.29) is 6.73 Å². The van der Waals surface area contributed by atoms with E-state index in [0.717, 1.165) is 11.3 Å². The molecule has 0 spiro atoms. The molecular weight excluding hydrogens is 228 g/mol. The van der Waals surface area contributed by atoms with Gasteiger partial charge >= 0.3 is 0 Å². The second-order valence-electron chi connectivity index (χ2n) is 4.00. The first-order valence-electron chi connectivity index (χ1n) is 5.69. The Hall–Kier alpha value is -2.14. The highest BCUT2D eigenvalue weighted by Crippen LogP contribution is 2.17. The third-order valence-corrected chi connectivity index (χ3v) is 2.67. The Kier molecular flexibility index (Phi) is 3.74. The van der Waals surface area contributed by atoms with Crippen LogP contribution in [-0.2, 0) is 6.54 Å². The van der Waals surface area contributed by atoms with Gasteiger partial charge in [0.25, 0.3) is 0 Å². The van der Waals surface area contributed by atoms with Crippen LogP contribution in [0.25, 0.3) is 0 Å². The molecule has 0 atom stereocenters. The van der Waals surface area contributed by atoms with Crippen molar-refractivity contribution < 1.29 is 5.11 Å². The monoisotopic (exact) mass is 244 g/mol. The van der Waals surface area contributed by atoms with E-state index in [9.17, 15) is 5.11 Å². The fraction of sp³-hybridized carbons (Fsp3) is 0.231. The summed E-state index contributed by atoms with van der Waals surface area (Å²) in [6.07, 6.45) is 1.70. The second-order valence-corrected chi connectivity index (χ2v) is 4.00. The number of nitrogens with zero attached hydrogens (tertiary/aromatic N) is 3. The van der Waals surface area contributed by atoms with Gasteiger partial charge in [0.1, 0.15) is 18.4 Å². The summed E-state index contributed by atoms with van der Waals surface area (Å²) in [5.41, 5.74) is 7.58. The molecule has 0 unspecified atom stereocenters. The van der Waals surface area contributed by atoms with Gasteiger partial charge < -0.3 is 15.7 Å². The third-order valence-electron chi connectivity index (χ3n) is 2.67. The van der Waals surface area contributed by atoms with Crippen LogP contribution in [0.5, 0.6) is 0 Å². The number of anilines is 2. The molecule has 94 valence electrons. The van der Waals surface area contributed by atoms with Gasteiger partial charge in [-0.1, -0.05) is 18.2 Å². The summed E-state index contributed by atoms with van der Waals surface area (Å²) >= 11 is 0. The predicted octanol–water partition coefficient (Wildman–Crippen LogP) is 1.32. The average Bonchev–Trinajstić information content (AvgIpc) is 2.39. The normalized spacial score (nSPS) is 10.3. The molecule has 0 aliphatic carbocycles. The van der Waals surface area contributed by atoms with E-state index < -0.39 is 0 Å². The SMILES string of the molecule is Cc1ncc(CN(CO)c2ccccc2)c(N)n1. The lowest BCUT2D eigenvalue weighted by molar-refractivity contribution is 0.289. The zero-order valence-corrected chi connectivity index (χ0v) is 10.2. The zero-order chi connectivity index (χ0) is 13.0. The first-order valence-corrected chi connectivity index (χ1v) is 5.69. The maximum absolute atomic E-state index is 9.43. The number of nitrogens with two attached hydrogens (primary N) is 1. The summed E-state index contributed by atoms with van der Waals surface area (Å²) in [6, 6.07) is 9.64. The van der Waals surface area contributed by atoms with E-state index in [1.165, 1.54) is 0 Å². The van der Waals surface area contributed by atoms with Crippen molar-refractivity contribution in [3.8, 4) is 0 Å². The van der Waals surface area contributed by atoms with Gasteiger partial charge in [-0.3, -0.25) is 0 Å². The molecule has 2 rings (SSSR count). The molecule has 0 radical (unpaired) electrons. The quantitative estimate of drug-likeness (QED) is 0.793. The number of rotatable bonds is 4. The molecular formula is C13H16N4O. The second kappa shape index (κ2) is 5.46. The molecule has 1 heterocycles. The number of aromatic nitrogens is 2. The van der Waals surface area contributed by atoms with Gasteiger partial charge in [-0.25, -0.2) is 9.97 Å². The van der Waals surface area contributed by atoms with Crippen LogP contribution >= 0.6 is 0 Å². The molecule has 0 saturated heterocycles. The van der Waals surface area contributed by atoms with E-state index in [1.54, 1.807) is 18.0 Å². The van der Waals surface area contributed by atoms with Crippen LogP contribution in [0.2, 0.25) is 0 Å². The number of aryl methyl sites for hydroxylation is 1. The maximum Gasteiger partial charge on any atom is 0.132 e. The van der Waals surface area contributed by atoms with Crippen LogP contribution in [0, 0.1) is 6.92 Å². The summed E-state index contributed by atoms with van der Waals surface area (Å²) in [5, 5.41) is 9.43. The first-order chi connectivity index (χ1) is 8.70. The molecule has 18 heavy (non-hydrogen) atoms. The molecule has 5 heteroatoms. The van der Waals surface area contributed by atoms with E-state index in [0.29, 0.717) is 18.2 Å². The van der Waals surface area contributed by atoms with Gasteiger partial charge in [-0.2, -0.15) is 0 Å². The van der Waals surface area contributed by atoms with Crippen molar-refractivity contribution in [3.63, 3.8) is 0 Å². The topological polar surface area (TPSA) is 75.3 Å². The van der Waals surface area contributed by atoms with Crippen molar-refractivity contribution in [3.05, 3.63) is 47.9 Å². The fourth-order valence-corrected chi connectivity index (χ4v) is 1.70. The molecule has 0 amide bonds. The van der Waals surface area contributed by atoms with Gasteiger partial charge in [-0.15, -0.1) is 0 Å². The minimum atomic E-state index is -0.0860. The van der Waals surface area contributed by atoms with Gasteiger partial charge in [0.15, 0.2) is 0 Å².